The van der Waals surface area contributed by atoms with E-state index in [1.807, 2.05) is 26.0 Å². The van der Waals surface area contributed by atoms with Gasteiger partial charge in [0.25, 0.3) is 0 Å². The molecular weight excluding hydrogens is 416 g/mol. The molecule has 0 atom stereocenters. The molecule has 1 aliphatic rings. The Morgan fingerprint density at radius 2 is 1.58 bits per heavy atom. The molecule has 2 aromatic carbocycles. The normalized spacial score (nSPS) is 15.1. The molecule has 1 N–H and O–H groups in total. The second-order valence-electron chi connectivity index (χ2n) is 7.98. The SMILES string of the molecule is Cc1ccc(O)c(S(=O)(=O)N2CCN(C(=O)CCC(=O)c3ccc(C)c(C)c3)CC2)c1. The van der Waals surface area contributed by atoms with Gasteiger partial charge < -0.3 is 10.0 Å². The van der Waals surface area contributed by atoms with Crippen LogP contribution in [0.1, 0.15) is 39.9 Å². The zero-order valence-corrected chi connectivity index (χ0v) is 18.9. The van der Waals surface area contributed by atoms with Gasteiger partial charge in [0.2, 0.25) is 15.9 Å². The van der Waals surface area contributed by atoms with Crippen LogP contribution in [0.15, 0.2) is 41.3 Å². The zero-order chi connectivity index (χ0) is 22.8. The average molecular weight is 445 g/mol. The van der Waals surface area contributed by atoms with Crippen LogP contribution in [0, 0.1) is 20.8 Å². The molecule has 0 aliphatic carbocycles. The second-order valence-corrected chi connectivity index (χ2v) is 9.88. The number of nitrogens with zero attached hydrogens (tertiary/aromatic N) is 2. The molecule has 0 radical (unpaired) electrons. The topological polar surface area (TPSA) is 95.0 Å². The number of carbonyl (C=O) groups excluding carboxylic acids is 2. The van der Waals surface area contributed by atoms with Crippen LogP contribution in [-0.2, 0) is 14.8 Å². The van der Waals surface area contributed by atoms with Gasteiger partial charge in [0.1, 0.15) is 10.6 Å². The molecule has 31 heavy (non-hydrogen) atoms. The predicted molar refractivity (Wildman–Crippen MR) is 118 cm³/mol. The summed E-state index contributed by atoms with van der Waals surface area (Å²) in [7, 11) is -3.84. The smallest absolute Gasteiger partial charge is 0.246 e. The van der Waals surface area contributed by atoms with Crippen LogP contribution in [-0.4, -0.2) is 60.6 Å². The second kappa shape index (κ2) is 9.20. The highest BCUT2D eigenvalue weighted by atomic mass is 32.2. The number of rotatable bonds is 6. The van der Waals surface area contributed by atoms with Crippen LogP contribution in [0.5, 0.6) is 5.75 Å². The van der Waals surface area contributed by atoms with Crippen LogP contribution in [0.25, 0.3) is 0 Å². The van der Waals surface area contributed by atoms with E-state index in [1.54, 1.807) is 24.0 Å². The molecule has 7 nitrogen and oxygen atoms in total. The minimum atomic E-state index is -3.84. The molecule has 1 saturated heterocycles. The number of sulfonamides is 1. The summed E-state index contributed by atoms with van der Waals surface area (Å²) < 4.78 is 27.0. The summed E-state index contributed by atoms with van der Waals surface area (Å²) in [6.45, 7) is 6.48. The highest BCUT2D eigenvalue weighted by Crippen LogP contribution is 2.27. The molecule has 0 bridgehead atoms. The molecule has 1 aliphatic heterocycles. The number of ketones is 1. The average Bonchev–Trinajstić information content (AvgIpc) is 2.75. The van der Waals surface area contributed by atoms with E-state index in [-0.39, 0.29) is 61.4 Å². The van der Waals surface area contributed by atoms with Crippen LogP contribution >= 0.6 is 0 Å². The van der Waals surface area contributed by atoms with Crippen molar-refractivity contribution < 1.29 is 23.1 Å². The van der Waals surface area contributed by atoms with E-state index < -0.39 is 10.0 Å². The molecule has 1 fully saturated rings. The van der Waals surface area contributed by atoms with Gasteiger partial charge in [-0.25, -0.2) is 8.42 Å². The van der Waals surface area contributed by atoms with Gasteiger partial charge in [0.05, 0.1) is 0 Å². The maximum atomic E-state index is 12.9. The Hall–Kier alpha value is -2.71. The predicted octanol–water partition coefficient (Wildman–Crippen LogP) is 2.81. The number of amides is 1. The number of aromatic hydroxyl groups is 1. The van der Waals surface area contributed by atoms with Crippen molar-refractivity contribution in [1.82, 2.24) is 9.21 Å². The van der Waals surface area contributed by atoms with Crippen molar-refractivity contribution in [3.05, 3.63) is 58.7 Å². The molecule has 8 heteroatoms. The first kappa shape index (κ1) is 23.0. The molecular formula is C23H28N2O5S. The van der Waals surface area contributed by atoms with Crippen LogP contribution in [0.3, 0.4) is 0 Å². The fourth-order valence-corrected chi connectivity index (χ4v) is 5.17. The monoisotopic (exact) mass is 444 g/mol. The van der Waals surface area contributed by atoms with E-state index in [9.17, 15) is 23.1 Å². The molecule has 3 rings (SSSR count). The Morgan fingerprint density at radius 3 is 2.23 bits per heavy atom. The summed E-state index contributed by atoms with van der Waals surface area (Å²) in [5.74, 6) is -0.519. The van der Waals surface area contributed by atoms with Crippen molar-refractivity contribution in [3.8, 4) is 5.75 Å². The third-order valence-electron chi connectivity index (χ3n) is 5.72. The molecule has 0 spiro atoms. The van der Waals surface area contributed by atoms with E-state index in [4.69, 9.17) is 0 Å². The first-order chi connectivity index (χ1) is 14.6. The Kier molecular flexibility index (Phi) is 6.81. The third kappa shape index (κ3) is 5.14. The lowest BCUT2D eigenvalue weighted by molar-refractivity contribution is -0.132. The number of benzene rings is 2. The van der Waals surface area contributed by atoms with Gasteiger partial charge in [0.15, 0.2) is 5.78 Å². The Morgan fingerprint density at radius 1 is 0.903 bits per heavy atom. The van der Waals surface area contributed by atoms with Gasteiger partial charge in [0, 0.05) is 44.6 Å². The number of carbonyl (C=O) groups is 2. The Bertz CT molecular complexity index is 1100. The molecule has 2 aromatic rings. The van der Waals surface area contributed by atoms with Crippen molar-refractivity contribution in [3.63, 3.8) is 0 Å². The minimum absolute atomic E-state index is 0.0763. The molecule has 0 saturated carbocycles. The summed E-state index contributed by atoms with van der Waals surface area (Å²) in [4.78, 5) is 26.4. The van der Waals surface area contributed by atoms with Crippen LogP contribution in [0.2, 0.25) is 0 Å². The van der Waals surface area contributed by atoms with Crippen LogP contribution in [0.4, 0.5) is 0 Å². The summed E-state index contributed by atoms with van der Waals surface area (Å²) >= 11 is 0. The number of hydrogen-bond acceptors (Lipinski definition) is 5. The standard InChI is InChI=1S/C23H28N2O5S/c1-16-4-7-21(27)22(14-16)31(29,30)25-12-10-24(11-13-25)23(28)9-8-20(26)19-6-5-17(2)18(3)15-19/h4-7,14-15,27H,8-13H2,1-3H3. The summed E-state index contributed by atoms with van der Waals surface area (Å²) in [5, 5.41) is 9.99. The molecule has 1 heterocycles. The maximum Gasteiger partial charge on any atom is 0.246 e. The lowest BCUT2D eigenvalue weighted by atomic mass is 10.0. The Labute approximate surface area is 183 Å². The fraction of sp³-hybridized carbons (Fsp3) is 0.391. The highest BCUT2D eigenvalue weighted by molar-refractivity contribution is 7.89. The van der Waals surface area contributed by atoms with Gasteiger partial charge in [-0.3, -0.25) is 9.59 Å². The zero-order valence-electron chi connectivity index (χ0n) is 18.1. The number of phenols is 1. The highest BCUT2D eigenvalue weighted by Gasteiger charge is 2.31. The largest absolute Gasteiger partial charge is 0.507 e. The molecule has 0 aromatic heterocycles. The van der Waals surface area contributed by atoms with Gasteiger partial charge in [-0.05, 0) is 55.7 Å². The number of aryl methyl sites for hydroxylation is 3. The third-order valence-corrected chi connectivity index (χ3v) is 7.65. The first-order valence-electron chi connectivity index (χ1n) is 10.3. The van der Waals surface area contributed by atoms with E-state index in [0.29, 0.717) is 5.56 Å². The number of phenolic OH excluding ortho intramolecular Hbond substituents is 1. The summed E-state index contributed by atoms with van der Waals surface area (Å²) in [6.07, 6.45) is 0.216. The maximum absolute atomic E-state index is 12.9. The molecule has 166 valence electrons. The van der Waals surface area contributed by atoms with E-state index in [1.165, 1.54) is 16.4 Å². The van der Waals surface area contributed by atoms with Crippen molar-refractivity contribution >= 4 is 21.7 Å². The lowest BCUT2D eigenvalue weighted by Gasteiger charge is -2.34. The van der Waals surface area contributed by atoms with Gasteiger partial charge in [-0.15, -0.1) is 0 Å². The number of hydrogen-bond donors (Lipinski definition) is 1. The number of piperazine rings is 1. The number of Topliss-reactive ketones (excluding diaryl/α,β-unsaturated/α-hetero) is 1. The van der Waals surface area contributed by atoms with Crippen molar-refractivity contribution in [2.24, 2.45) is 0 Å². The summed E-state index contributed by atoms with van der Waals surface area (Å²) in [5.41, 5.74) is 3.48. The van der Waals surface area contributed by atoms with Crippen molar-refractivity contribution in [2.45, 2.75) is 38.5 Å². The lowest BCUT2D eigenvalue weighted by Crippen LogP contribution is -2.50. The molecule has 0 unspecified atom stereocenters. The van der Waals surface area contributed by atoms with Gasteiger partial charge in [-0.1, -0.05) is 18.2 Å². The van der Waals surface area contributed by atoms with Crippen LogP contribution < -0.4 is 0 Å². The fourth-order valence-electron chi connectivity index (χ4n) is 3.58. The summed E-state index contributed by atoms with van der Waals surface area (Å²) in [6, 6.07) is 9.97. The van der Waals surface area contributed by atoms with Crippen molar-refractivity contribution in [1.29, 1.82) is 0 Å². The van der Waals surface area contributed by atoms with E-state index in [2.05, 4.69) is 0 Å². The van der Waals surface area contributed by atoms with E-state index >= 15 is 0 Å². The van der Waals surface area contributed by atoms with Gasteiger partial charge >= 0.3 is 0 Å². The molecule has 1 amide bonds. The van der Waals surface area contributed by atoms with Crippen molar-refractivity contribution in [2.75, 3.05) is 26.2 Å². The Balaban J connectivity index is 1.56. The van der Waals surface area contributed by atoms with Gasteiger partial charge in [-0.2, -0.15) is 4.31 Å². The van der Waals surface area contributed by atoms with E-state index in [0.717, 1.165) is 16.7 Å². The quantitative estimate of drug-likeness (QED) is 0.692. The minimum Gasteiger partial charge on any atom is -0.507 e. The first-order valence-corrected chi connectivity index (χ1v) is 11.7.